The van der Waals surface area contributed by atoms with Crippen LogP contribution in [-0.2, 0) is 25.7 Å². The van der Waals surface area contributed by atoms with E-state index in [0.717, 1.165) is 0 Å². The van der Waals surface area contributed by atoms with Crippen molar-refractivity contribution in [3.63, 3.8) is 0 Å². The molecule has 1 fully saturated rings. The van der Waals surface area contributed by atoms with Gasteiger partial charge in [-0.1, -0.05) is 0 Å². The number of nitrogens with zero attached hydrogens (tertiary/aromatic N) is 1. The summed E-state index contributed by atoms with van der Waals surface area (Å²) in [4.78, 5) is 10.7. The van der Waals surface area contributed by atoms with Gasteiger partial charge in [-0.05, 0) is 12.5 Å². The van der Waals surface area contributed by atoms with Crippen molar-refractivity contribution in [1.29, 1.82) is 0 Å². The second-order valence-electron chi connectivity index (χ2n) is 2.17. The number of aliphatic hydroxyl groups is 1. The van der Waals surface area contributed by atoms with Gasteiger partial charge in [0, 0.05) is 6.10 Å². The molecule has 4 nitrogen and oxygen atoms in total. The quantitative estimate of drug-likeness (QED) is 0.701. The Morgan fingerprint density at radius 1 is 1.73 bits per heavy atom. The zero-order valence-electron chi connectivity index (χ0n) is 5.46. The number of carbonyl (C=O) groups is 1. The minimum absolute atomic E-state index is 0. The largest absolute Gasteiger partial charge is 1.00 e. The van der Waals surface area contributed by atoms with Crippen molar-refractivity contribution in [2.75, 3.05) is 6.54 Å². The van der Waals surface area contributed by atoms with Crippen molar-refractivity contribution in [3.05, 3.63) is 5.32 Å². The van der Waals surface area contributed by atoms with Gasteiger partial charge < -0.3 is 14.3 Å². The van der Waals surface area contributed by atoms with Crippen molar-refractivity contribution in [3.8, 4) is 0 Å². The number of halogens is 1. The Hall–Kier alpha value is 0.389. The van der Waals surface area contributed by atoms with Crippen LogP contribution < -0.4 is 0 Å². The van der Waals surface area contributed by atoms with E-state index in [0.29, 0.717) is 13.0 Å². The molecule has 1 heterocycles. The van der Waals surface area contributed by atoms with Crippen LogP contribution in [0.5, 0.6) is 0 Å². The van der Waals surface area contributed by atoms with Crippen molar-refractivity contribution in [2.45, 2.75) is 18.6 Å². The summed E-state index contributed by atoms with van der Waals surface area (Å²) in [6.45, 7) is 0.340. The summed E-state index contributed by atoms with van der Waals surface area (Å²) in [5.41, 5.74) is 0. The topological polar surface area (TPSA) is 60.6 Å². The molecule has 0 aromatic rings. The van der Waals surface area contributed by atoms with Crippen molar-refractivity contribution < 1.29 is 30.8 Å². The van der Waals surface area contributed by atoms with Crippen LogP contribution in [-0.4, -0.2) is 29.8 Å². The minimum Gasteiger partial charge on any atom is -0.648 e. The smallest absolute Gasteiger partial charge is 0.648 e. The van der Waals surface area contributed by atoms with E-state index in [1.165, 1.54) is 0 Å². The Labute approximate surface area is 83.6 Å². The number of aliphatic hydroxyl groups excluding tert-OH is 1. The molecule has 0 radical (unpaired) electrons. The predicted molar refractivity (Wildman–Crippen MR) is 37.7 cm³/mol. The molecular weight excluding hydrogens is 266 g/mol. The molecule has 1 saturated heterocycles. The van der Waals surface area contributed by atoms with E-state index in [1.54, 1.807) is 0 Å². The Kier molecular flexibility index (Phi) is 5.29. The average Bonchev–Trinajstić information content (AvgIpc) is 2.34. The van der Waals surface area contributed by atoms with E-state index in [2.05, 4.69) is 25.4 Å². The van der Waals surface area contributed by atoms with Crippen LogP contribution in [0.25, 0.3) is 5.32 Å². The monoisotopic (exact) mass is 271 g/mol. The Morgan fingerprint density at radius 2 is 2.36 bits per heavy atom. The molecule has 1 unspecified atom stereocenters. The van der Waals surface area contributed by atoms with Gasteiger partial charge >= 0.3 is 17.1 Å². The van der Waals surface area contributed by atoms with Gasteiger partial charge in [0.1, 0.15) is 0 Å². The molecule has 1 aliphatic heterocycles. The van der Waals surface area contributed by atoms with Crippen molar-refractivity contribution in [2.24, 2.45) is 0 Å². The second-order valence-corrected chi connectivity index (χ2v) is 2.49. The van der Waals surface area contributed by atoms with Crippen LogP contribution in [0.3, 0.4) is 0 Å². The summed E-state index contributed by atoms with van der Waals surface area (Å²) in [5, 5.41) is 12.8. The van der Waals surface area contributed by atoms with Crippen molar-refractivity contribution in [1.82, 2.24) is 0 Å². The van der Waals surface area contributed by atoms with Crippen LogP contribution in [0.4, 0.5) is 0 Å². The van der Waals surface area contributed by atoms with E-state index >= 15 is 0 Å². The first-order valence-electron chi connectivity index (χ1n) is 2.91. The normalized spacial score (nSPS) is 29.3. The maximum atomic E-state index is 10.7. The second kappa shape index (κ2) is 5.11. The summed E-state index contributed by atoms with van der Waals surface area (Å²) in [6.07, 6.45) is -0.0960. The molecule has 0 aliphatic carbocycles. The molecule has 2 atom stereocenters. The summed E-state index contributed by atoms with van der Waals surface area (Å²) in [7, 11) is 0. The van der Waals surface area contributed by atoms with Gasteiger partial charge in [0.25, 0.3) is 5.97 Å². The summed E-state index contributed by atoms with van der Waals surface area (Å²) in [6, 6.07) is -0.477. The molecule has 0 aromatic heterocycles. The van der Waals surface area contributed by atoms with Crippen LogP contribution in [0, 0.1) is 0 Å². The first-order valence-corrected chi connectivity index (χ1v) is 3.56. The van der Waals surface area contributed by atoms with Crippen molar-refractivity contribution >= 4 is 22.2 Å². The van der Waals surface area contributed by atoms with E-state index in [9.17, 15) is 4.79 Å². The molecule has 1 rings (SSSR count). The Morgan fingerprint density at radius 3 is 2.73 bits per heavy atom. The molecule has 0 spiro atoms. The van der Waals surface area contributed by atoms with Crippen LogP contribution in [0.2, 0.25) is 0 Å². The van der Waals surface area contributed by atoms with Crippen LogP contribution >= 0.6 is 16.3 Å². The van der Waals surface area contributed by atoms with Gasteiger partial charge in [-0.2, -0.15) is 0 Å². The summed E-state index contributed by atoms with van der Waals surface area (Å²) in [5.74, 6) is -0.434. The SMILES string of the molecule is O=C(OBr)[C@@H]1CC(O)C[N-]1.[Cu+]. The molecule has 0 bridgehead atoms. The number of carbonyl (C=O) groups excluding carboxylic acids is 1. The predicted octanol–water partition coefficient (Wildman–Crippen LogP) is 0.344. The van der Waals surface area contributed by atoms with Gasteiger partial charge in [-0.3, -0.25) is 4.79 Å². The van der Waals surface area contributed by atoms with Gasteiger partial charge in [0.15, 0.2) is 16.3 Å². The number of hydrogen-bond acceptors (Lipinski definition) is 3. The molecule has 1 aliphatic rings. The van der Waals surface area contributed by atoms with Gasteiger partial charge in [0.2, 0.25) is 0 Å². The summed E-state index contributed by atoms with van der Waals surface area (Å²) < 4.78 is 4.25. The van der Waals surface area contributed by atoms with Crippen LogP contribution in [0.1, 0.15) is 6.42 Å². The molecule has 1 N–H and O–H groups in total. The molecule has 0 aromatic carbocycles. The van der Waals surface area contributed by atoms with Gasteiger partial charge in [-0.25, -0.2) is 0 Å². The standard InChI is InChI=1S/C5H7BrNO3.Cu/c6-10-5(9)4-1-3(8)2-7-4;/h3-4,8H,1-2H2;/q-1;+1/t3?,4-;/m0./s1. The first-order chi connectivity index (χ1) is 4.74. The Bertz CT molecular complexity index is 146. The van der Waals surface area contributed by atoms with Gasteiger partial charge in [0.05, 0.1) is 0 Å². The zero-order chi connectivity index (χ0) is 7.56. The van der Waals surface area contributed by atoms with E-state index in [4.69, 9.17) is 5.11 Å². The van der Waals surface area contributed by atoms with E-state index < -0.39 is 18.1 Å². The third-order valence-corrected chi connectivity index (χ3v) is 1.70. The molecule has 0 saturated carbocycles. The summed E-state index contributed by atoms with van der Waals surface area (Å²) >= 11 is 2.55. The number of hydrogen-bond donors (Lipinski definition) is 1. The minimum atomic E-state index is -0.477. The van der Waals surface area contributed by atoms with Crippen LogP contribution in [0.15, 0.2) is 0 Å². The fraction of sp³-hybridized carbons (Fsp3) is 0.800. The van der Waals surface area contributed by atoms with Gasteiger partial charge in [-0.15, -0.1) is 6.54 Å². The Balaban J connectivity index is 0.000001000. The molecule has 0 amide bonds. The zero-order valence-corrected chi connectivity index (χ0v) is 7.99. The maximum Gasteiger partial charge on any atom is 1.00 e. The molecular formula is C5H7BrCuNO3. The average molecular weight is 273 g/mol. The first kappa shape index (κ1) is 11.4. The van der Waals surface area contributed by atoms with E-state index in [1.807, 2.05) is 0 Å². The molecule has 11 heavy (non-hydrogen) atoms. The van der Waals surface area contributed by atoms with E-state index in [-0.39, 0.29) is 17.1 Å². The third-order valence-electron chi connectivity index (χ3n) is 1.38. The third kappa shape index (κ3) is 3.09. The number of rotatable bonds is 1. The maximum absolute atomic E-state index is 10.7. The molecule has 6 heteroatoms. The fourth-order valence-electron chi connectivity index (χ4n) is 0.878. The fourth-order valence-corrected chi connectivity index (χ4v) is 1.09. The molecule has 68 valence electrons.